The fraction of sp³-hybridized carbons (Fsp3) is 0.491. The highest BCUT2D eigenvalue weighted by molar-refractivity contribution is 6.74. The normalized spacial score (nSPS) is 19.1. The van der Waals surface area contributed by atoms with Crippen LogP contribution in [-0.4, -0.2) is 110 Å². The number of ether oxygens (including phenoxy) is 1. The molecule has 5 aromatic rings. The Morgan fingerprint density at radius 3 is 2.20 bits per heavy atom. The molecule has 1 saturated heterocycles. The van der Waals surface area contributed by atoms with E-state index in [4.69, 9.17) is 9.16 Å². The summed E-state index contributed by atoms with van der Waals surface area (Å²) in [5, 5.41) is 25.4. The SMILES string of the molecule is CC(C)(C)[Si](C)(C)O[C@@H](CNCCN(C(=O)CCOCCc1ccc(CCN2C[C@H]3CC(N(C(=O)O)c4ccccc4-c4ccccc4)C[C@H]3C2)cc1)C1CCCC1)c1ccc(O)c2[nH]c(=O)ccc12. The molecule has 3 fully saturated rings. The number of likely N-dealkylation sites (tertiary alicyclic amines) is 1. The molecule has 2 amide bonds. The molecule has 374 valence electrons. The minimum atomic E-state index is -2.23. The molecule has 1 aliphatic heterocycles. The molecule has 8 rings (SSSR count). The molecule has 4 aromatic carbocycles. The van der Waals surface area contributed by atoms with Crippen LogP contribution in [0.3, 0.4) is 0 Å². The number of hydrogen-bond acceptors (Lipinski definition) is 8. The Kier molecular flexibility index (Phi) is 16.7. The quantitative estimate of drug-likeness (QED) is 0.0417. The number of nitrogens with zero attached hydrogens (tertiary/aromatic N) is 3. The number of aromatic nitrogens is 1. The molecule has 1 unspecified atom stereocenters. The molecule has 3 aliphatic rings. The monoisotopic (exact) mass is 970 g/mol. The van der Waals surface area contributed by atoms with Gasteiger partial charge in [-0.05, 0) is 109 Å². The van der Waals surface area contributed by atoms with Crippen molar-refractivity contribution in [3.63, 3.8) is 0 Å². The lowest BCUT2D eigenvalue weighted by atomic mass is 10.0. The molecule has 0 bridgehead atoms. The predicted molar refractivity (Wildman–Crippen MR) is 282 cm³/mol. The second-order valence-electron chi connectivity index (χ2n) is 21.5. The molecular formula is C57H75N5O7Si. The van der Waals surface area contributed by atoms with E-state index in [0.717, 1.165) is 98.8 Å². The summed E-state index contributed by atoms with van der Waals surface area (Å²) in [6.07, 6.45) is 7.01. The van der Waals surface area contributed by atoms with Gasteiger partial charge < -0.3 is 39.5 Å². The molecule has 4 atom stereocenters. The van der Waals surface area contributed by atoms with Gasteiger partial charge in [0.1, 0.15) is 5.75 Å². The number of anilines is 1. The van der Waals surface area contributed by atoms with Gasteiger partial charge >= 0.3 is 6.09 Å². The molecule has 13 heteroatoms. The van der Waals surface area contributed by atoms with Gasteiger partial charge in [0.05, 0.1) is 36.9 Å². The van der Waals surface area contributed by atoms with Crippen molar-refractivity contribution in [3.05, 3.63) is 130 Å². The molecule has 1 aromatic heterocycles. The van der Waals surface area contributed by atoms with E-state index in [-0.39, 0.29) is 40.4 Å². The number of aromatic amines is 1. The van der Waals surface area contributed by atoms with Crippen molar-refractivity contribution < 1.29 is 29.0 Å². The van der Waals surface area contributed by atoms with E-state index >= 15 is 0 Å². The fourth-order valence-corrected chi connectivity index (χ4v) is 12.2. The van der Waals surface area contributed by atoms with Crippen LogP contribution in [0.5, 0.6) is 5.75 Å². The number of carbonyl (C=O) groups is 2. The molecule has 0 radical (unpaired) electrons. The van der Waals surface area contributed by atoms with Crippen molar-refractivity contribution in [2.24, 2.45) is 11.8 Å². The van der Waals surface area contributed by atoms with Gasteiger partial charge in [-0.25, -0.2) is 4.79 Å². The second-order valence-corrected chi connectivity index (χ2v) is 26.3. The number of phenols is 1. The first-order valence-corrected chi connectivity index (χ1v) is 28.6. The summed E-state index contributed by atoms with van der Waals surface area (Å²) in [6.45, 7) is 16.8. The maximum absolute atomic E-state index is 13.8. The number of benzene rings is 4. The third kappa shape index (κ3) is 12.4. The van der Waals surface area contributed by atoms with Crippen LogP contribution in [-0.2, 0) is 26.8 Å². The molecule has 2 saturated carbocycles. The average Bonchev–Trinajstić information content (AvgIpc) is 4.10. The number of aromatic hydroxyl groups is 1. The summed E-state index contributed by atoms with van der Waals surface area (Å²) in [5.41, 5.74) is 6.33. The van der Waals surface area contributed by atoms with Gasteiger partial charge in [-0.2, -0.15) is 0 Å². The number of carbonyl (C=O) groups excluding carboxylic acids is 1. The molecule has 0 spiro atoms. The summed E-state index contributed by atoms with van der Waals surface area (Å²) in [5.74, 6) is 1.17. The van der Waals surface area contributed by atoms with E-state index in [1.807, 2.05) is 60.7 Å². The number of pyridine rings is 1. The van der Waals surface area contributed by atoms with Crippen molar-refractivity contribution in [3.8, 4) is 16.9 Å². The van der Waals surface area contributed by atoms with E-state index in [2.05, 4.69) is 78.2 Å². The van der Waals surface area contributed by atoms with Gasteiger partial charge in [0.2, 0.25) is 11.5 Å². The van der Waals surface area contributed by atoms with Gasteiger partial charge in [0.25, 0.3) is 0 Å². The Hall–Kier alpha value is -5.31. The van der Waals surface area contributed by atoms with Gasteiger partial charge in [-0.15, -0.1) is 0 Å². The first-order valence-electron chi connectivity index (χ1n) is 25.7. The van der Waals surface area contributed by atoms with Crippen molar-refractivity contribution in [2.75, 3.05) is 57.4 Å². The largest absolute Gasteiger partial charge is 0.506 e. The second kappa shape index (κ2) is 22.8. The fourth-order valence-electron chi connectivity index (χ4n) is 11.0. The molecule has 4 N–H and O–H groups in total. The summed E-state index contributed by atoms with van der Waals surface area (Å²) in [4.78, 5) is 47.8. The standard InChI is InChI=1S/C57H75N5O7Si/c1-57(2,3)70(4,5)69-52(48-23-25-51(63)55-49(48)24-26-53(64)59-55)37-58-30-32-61(45-15-9-10-16-45)54(65)29-34-68-33-28-41-21-19-40(20-22-41)27-31-60-38-43-35-46(36-44(43)39-60)62(56(66)67)50-18-12-11-17-47(50)42-13-7-6-8-14-42/h6-8,11-14,17-26,43-46,52,58,63H,9-10,15-16,27-39H2,1-5H3,(H,59,64)(H,66,67)/t43-,44+,46?,52-/m0/s1. The molecule has 70 heavy (non-hydrogen) atoms. The molecule has 2 heterocycles. The van der Waals surface area contributed by atoms with Crippen molar-refractivity contribution in [1.29, 1.82) is 0 Å². The Morgan fingerprint density at radius 1 is 0.843 bits per heavy atom. The molecular weight excluding hydrogens is 895 g/mol. The lowest BCUT2D eigenvalue weighted by molar-refractivity contribution is -0.134. The Morgan fingerprint density at radius 2 is 1.51 bits per heavy atom. The Labute approximate surface area is 415 Å². The predicted octanol–water partition coefficient (Wildman–Crippen LogP) is 10.4. The van der Waals surface area contributed by atoms with Gasteiger partial charge in [0.15, 0.2) is 8.32 Å². The Bertz CT molecular complexity index is 2580. The van der Waals surface area contributed by atoms with Crippen molar-refractivity contribution in [1.82, 2.24) is 20.1 Å². The van der Waals surface area contributed by atoms with E-state index in [1.165, 1.54) is 17.2 Å². The zero-order chi connectivity index (χ0) is 49.4. The van der Waals surface area contributed by atoms with Crippen molar-refractivity contribution in [2.45, 2.75) is 115 Å². The summed E-state index contributed by atoms with van der Waals surface area (Å²) in [7, 11) is -2.23. The number of H-pyrrole nitrogens is 1. The van der Waals surface area contributed by atoms with Crippen LogP contribution in [0, 0.1) is 11.8 Å². The average molecular weight is 970 g/mol. The van der Waals surface area contributed by atoms with Crippen LogP contribution < -0.4 is 15.8 Å². The first-order chi connectivity index (χ1) is 33.6. The minimum Gasteiger partial charge on any atom is -0.506 e. The number of para-hydroxylation sites is 1. The maximum atomic E-state index is 13.8. The van der Waals surface area contributed by atoms with Crippen LogP contribution in [0.15, 0.2) is 108 Å². The summed E-state index contributed by atoms with van der Waals surface area (Å²) >= 11 is 0. The smallest absolute Gasteiger partial charge is 0.412 e. The van der Waals surface area contributed by atoms with Crippen LogP contribution in [0.2, 0.25) is 18.1 Å². The number of fused-ring (bicyclic) bond motifs is 2. The van der Waals surface area contributed by atoms with E-state index in [1.54, 1.807) is 17.0 Å². The summed E-state index contributed by atoms with van der Waals surface area (Å²) < 4.78 is 13.1. The van der Waals surface area contributed by atoms with Crippen LogP contribution in [0.4, 0.5) is 10.5 Å². The van der Waals surface area contributed by atoms with Gasteiger partial charge in [0, 0.05) is 68.4 Å². The van der Waals surface area contributed by atoms with Gasteiger partial charge in [-0.1, -0.05) is 112 Å². The minimum absolute atomic E-state index is 0.0210. The van der Waals surface area contributed by atoms with E-state index < -0.39 is 14.4 Å². The number of nitrogens with one attached hydrogen (secondary N) is 2. The van der Waals surface area contributed by atoms with Gasteiger partial charge in [-0.3, -0.25) is 14.5 Å². The third-order valence-electron chi connectivity index (χ3n) is 15.8. The number of hydrogen-bond donors (Lipinski definition) is 4. The molecule has 2 aliphatic carbocycles. The van der Waals surface area contributed by atoms with Crippen LogP contribution in [0.1, 0.15) is 88.5 Å². The maximum Gasteiger partial charge on any atom is 0.412 e. The van der Waals surface area contributed by atoms with E-state index in [9.17, 15) is 24.6 Å². The third-order valence-corrected chi connectivity index (χ3v) is 20.3. The zero-order valence-electron chi connectivity index (χ0n) is 42.0. The lowest BCUT2D eigenvalue weighted by Gasteiger charge is -2.40. The van der Waals surface area contributed by atoms with Crippen LogP contribution >= 0.6 is 0 Å². The lowest BCUT2D eigenvalue weighted by Crippen LogP contribution is -2.45. The highest BCUT2D eigenvalue weighted by atomic mass is 28.4. The summed E-state index contributed by atoms with van der Waals surface area (Å²) in [6, 6.07) is 33.8. The van der Waals surface area contributed by atoms with Crippen LogP contribution in [0.25, 0.3) is 22.0 Å². The highest BCUT2D eigenvalue weighted by Gasteiger charge is 2.45. The highest BCUT2D eigenvalue weighted by Crippen LogP contribution is 2.44. The molecule has 12 nitrogen and oxygen atoms in total. The number of rotatable bonds is 21. The number of carboxylic acid groups (broad SMARTS) is 1. The first kappa shape index (κ1) is 51.1. The number of phenolic OH excluding ortho intramolecular Hbond substituents is 1. The number of amides is 2. The van der Waals surface area contributed by atoms with Crippen molar-refractivity contribution >= 4 is 36.9 Å². The zero-order valence-corrected chi connectivity index (χ0v) is 43.0. The topological polar surface area (TPSA) is 148 Å². The Balaban J connectivity index is 0.764. The van der Waals surface area contributed by atoms with E-state index in [0.29, 0.717) is 56.6 Å².